The summed E-state index contributed by atoms with van der Waals surface area (Å²) in [6.45, 7) is 1.51. The van der Waals surface area contributed by atoms with E-state index in [9.17, 15) is 4.79 Å². The molecule has 0 spiro atoms. The van der Waals surface area contributed by atoms with E-state index in [1.165, 1.54) is 0 Å². The maximum Gasteiger partial charge on any atom is 0.136 e. The molecule has 0 bridgehead atoms. The van der Waals surface area contributed by atoms with Crippen molar-refractivity contribution in [3.8, 4) is 0 Å². The van der Waals surface area contributed by atoms with Crippen molar-refractivity contribution in [2.45, 2.75) is 12.8 Å². The van der Waals surface area contributed by atoms with Crippen LogP contribution in [0.3, 0.4) is 0 Å². The fraction of sp³-hybridized carbons (Fsp3) is 0.286. The Hall–Kier alpha value is -1.61. The van der Waals surface area contributed by atoms with Crippen LogP contribution in [0.15, 0.2) is 30.5 Å². The molecule has 1 saturated heterocycles. The van der Waals surface area contributed by atoms with Crippen molar-refractivity contribution < 1.29 is 4.79 Å². The van der Waals surface area contributed by atoms with Crippen LogP contribution >= 0.6 is 11.6 Å². The van der Waals surface area contributed by atoms with Gasteiger partial charge in [0.1, 0.15) is 5.78 Å². The number of aromatic nitrogens is 1. The van der Waals surface area contributed by atoms with Crippen molar-refractivity contribution in [3.05, 3.63) is 35.5 Å². The molecule has 0 radical (unpaired) electrons. The molecular weight excluding hydrogens is 248 g/mol. The largest absolute Gasteiger partial charge is 0.369 e. The van der Waals surface area contributed by atoms with Crippen LogP contribution in [0.5, 0.6) is 0 Å². The van der Waals surface area contributed by atoms with Crippen LogP contribution in [0, 0.1) is 0 Å². The summed E-state index contributed by atoms with van der Waals surface area (Å²) < 4.78 is 0. The Kier molecular flexibility index (Phi) is 2.92. The second kappa shape index (κ2) is 4.58. The minimum atomic E-state index is 0.338. The molecule has 0 amide bonds. The van der Waals surface area contributed by atoms with Crippen LogP contribution in [0.25, 0.3) is 10.9 Å². The second-order valence-electron chi connectivity index (χ2n) is 4.53. The van der Waals surface area contributed by atoms with Crippen LogP contribution in [-0.2, 0) is 4.79 Å². The van der Waals surface area contributed by atoms with Crippen LogP contribution in [0.1, 0.15) is 12.8 Å². The molecule has 0 N–H and O–H groups in total. The average molecular weight is 261 g/mol. The first kappa shape index (κ1) is 11.5. The molecule has 92 valence electrons. The van der Waals surface area contributed by atoms with Gasteiger partial charge in [-0.15, -0.1) is 0 Å². The van der Waals surface area contributed by atoms with E-state index in [4.69, 9.17) is 11.6 Å². The number of hydrogen-bond donors (Lipinski definition) is 0. The summed E-state index contributed by atoms with van der Waals surface area (Å²) >= 11 is 6.15. The van der Waals surface area contributed by atoms with E-state index in [2.05, 4.69) is 9.88 Å². The Bertz CT molecular complexity index is 602. The van der Waals surface area contributed by atoms with Gasteiger partial charge < -0.3 is 4.90 Å². The van der Waals surface area contributed by atoms with E-state index in [-0.39, 0.29) is 0 Å². The standard InChI is InChI=1S/C14H13ClN2O/c15-11-8-10-2-1-5-16-14(10)13(9-11)17-6-3-12(18)4-7-17/h1-2,5,8-9H,3-4,6-7H2. The molecule has 1 aromatic heterocycles. The molecule has 0 aliphatic carbocycles. The highest BCUT2D eigenvalue weighted by molar-refractivity contribution is 6.31. The van der Waals surface area contributed by atoms with E-state index in [0.29, 0.717) is 23.6 Å². The van der Waals surface area contributed by atoms with E-state index in [1.807, 2.05) is 24.3 Å². The number of benzene rings is 1. The Morgan fingerprint density at radius 3 is 2.78 bits per heavy atom. The lowest BCUT2D eigenvalue weighted by Gasteiger charge is -2.29. The predicted molar refractivity (Wildman–Crippen MR) is 73.2 cm³/mol. The number of halogens is 1. The van der Waals surface area contributed by atoms with Gasteiger partial charge in [0.25, 0.3) is 0 Å². The zero-order valence-corrected chi connectivity index (χ0v) is 10.7. The number of ketones is 1. The van der Waals surface area contributed by atoms with E-state index < -0.39 is 0 Å². The van der Waals surface area contributed by atoms with Crippen LogP contribution in [0.4, 0.5) is 5.69 Å². The van der Waals surface area contributed by atoms with Gasteiger partial charge >= 0.3 is 0 Å². The van der Waals surface area contributed by atoms with Gasteiger partial charge in [-0.2, -0.15) is 0 Å². The van der Waals surface area contributed by atoms with Crippen molar-refractivity contribution in [1.29, 1.82) is 0 Å². The molecule has 2 aromatic rings. The third-order valence-corrected chi connectivity index (χ3v) is 3.53. The number of nitrogens with zero attached hydrogens (tertiary/aromatic N) is 2. The number of anilines is 1. The number of fused-ring (bicyclic) bond motifs is 1. The number of carbonyl (C=O) groups is 1. The lowest BCUT2D eigenvalue weighted by Crippen LogP contribution is -2.33. The van der Waals surface area contributed by atoms with Crippen molar-refractivity contribution >= 4 is 34.0 Å². The molecule has 4 heteroatoms. The van der Waals surface area contributed by atoms with Gasteiger partial charge in [0, 0.05) is 42.5 Å². The quantitative estimate of drug-likeness (QED) is 0.790. The molecule has 0 unspecified atom stereocenters. The highest BCUT2D eigenvalue weighted by Crippen LogP contribution is 2.30. The number of rotatable bonds is 1. The zero-order valence-electron chi connectivity index (χ0n) is 9.90. The van der Waals surface area contributed by atoms with Crippen LogP contribution < -0.4 is 4.90 Å². The number of Topliss-reactive ketones (excluding diaryl/α,β-unsaturated/α-hetero) is 1. The normalized spacial score (nSPS) is 16.3. The summed E-state index contributed by atoms with van der Waals surface area (Å²) in [6, 6.07) is 7.77. The molecule has 18 heavy (non-hydrogen) atoms. The van der Waals surface area contributed by atoms with Gasteiger partial charge in [0.2, 0.25) is 0 Å². The minimum absolute atomic E-state index is 0.338. The molecule has 3 nitrogen and oxygen atoms in total. The first-order valence-electron chi connectivity index (χ1n) is 6.05. The highest BCUT2D eigenvalue weighted by atomic mass is 35.5. The molecule has 1 aromatic carbocycles. The summed E-state index contributed by atoms with van der Waals surface area (Å²) in [5, 5.41) is 1.75. The Morgan fingerprint density at radius 1 is 1.22 bits per heavy atom. The second-order valence-corrected chi connectivity index (χ2v) is 4.96. The molecule has 3 rings (SSSR count). The SMILES string of the molecule is O=C1CCN(c2cc(Cl)cc3cccnc23)CC1. The predicted octanol–water partition coefficient (Wildman–Crippen LogP) is 3.06. The summed E-state index contributed by atoms with van der Waals surface area (Å²) in [5.74, 6) is 0.338. The summed E-state index contributed by atoms with van der Waals surface area (Å²) in [7, 11) is 0. The Labute approximate surface area is 110 Å². The Morgan fingerprint density at radius 2 is 2.00 bits per heavy atom. The third kappa shape index (κ3) is 2.06. The number of hydrogen-bond acceptors (Lipinski definition) is 3. The number of carbonyl (C=O) groups excluding carboxylic acids is 1. The molecular formula is C14H13ClN2O. The fourth-order valence-electron chi connectivity index (χ4n) is 2.38. The Balaban J connectivity index is 2.07. The fourth-order valence-corrected chi connectivity index (χ4v) is 2.60. The molecule has 0 atom stereocenters. The van der Waals surface area contributed by atoms with Crippen molar-refractivity contribution in [1.82, 2.24) is 4.98 Å². The summed E-state index contributed by atoms with van der Waals surface area (Å²) in [5.41, 5.74) is 1.99. The summed E-state index contributed by atoms with van der Waals surface area (Å²) in [6.07, 6.45) is 3.01. The van der Waals surface area contributed by atoms with Crippen molar-refractivity contribution in [2.24, 2.45) is 0 Å². The third-order valence-electron chi connectivity index (χ3n) is 3.31. The zero-order chi connectivity index (χ0) is 12.5. The van der Waals surface area contributed by atoms with E-state index in [0.717, 1.165) is 29.7 Å². The molecule has 1 aliphatic rings. The number of pyridine rings is 1. The maximum absolute atomic E-state index is 11.3. The van der Waals surface area contributed by atoms with Gasteiger partial charge in [-0.05, 0) is 18.2 Å². The first-order valence-corrected chi connectivity index (χ1v) is 6.43. The lowest BCUT2D eigenvalue weighted by atomic mass is 10.1. The summed E-state index contributed by atoms with van der Waals surface area (Å²) in [4.78, 5) is 17.9. The molecule has 1 fully saturated rings. The average Bonchev–Trinajstić information content (AvgIpc) is 2.38. The first-order chi connectivity index (χ1) is 8.74. The van der Waals surface area contributed by atoms with Crippen molar-refractivity contribution in [3.63, 3.8) is 0 Å². The highest BCUT2D eigenvalue weighted by Gasteiger charge is 2.19. The van der Waals surface area contributed by atoms with E-state index in [1.54, 1.807) is 6.20 Å². The number of piperidine rings is 1. The monoisotopic (exact) mass is 260 g/mol. The smallest absolute Gasteiger partial charge is 0.136 e. The van der Waals surface area contributed by atoms with Crippen molar-refractivity contribution in [2.75, 3.05) is 18.0 Å². The molecule has 1 aliphatic heterocycles. The lowest BCUT2D eigenvalue weighted by molar-refractivity contribution is -0.119. The maximum atomic E-state index is 11.3. The van der Waals surface area contributed by atoms with Gasteiger partial charge in [-0.3, -0.25) is 9.78 Å². The minimum Gasteiger partial charge on any atom is -0.369 e. The van der Waals surface area contributed by atoms with Gasteiger partial charge in [-0.25, -0.2) is 0 Å². The molecule has 2 heterocycles. The topological polar surface area (TPSA) is 33.2 Å². The van der Waals surface area contributed by atoms with Gasteiger partial charge in [0.05, 0.1) is 11.2 Å². The van der Waals surface area contributed by atoms with Gasteiger partial charge in [-0.1, -0.05) is 17.7 Å². The van der Waals surface area contributed by atoms with Gasteiger partial charge in [0.15, 0.2) is 0 Å². The molecule has 0 saturated carbocycles. The van der Waals surface area contributed by atoms with Crippen LogP contribution in [0.2, 0.25) is 5.02 Å². The van der Waals surface area contributed by atoms with Crippen LogP contribution in [-0.4, -0.2) is 23.9 Å². The van der Waals surface area contributed by atoms with E-state index >= 15 is 0 Å².